The second-order valence-electron chi connectivity index (χ2n) is 4.26. The number of nitrogens with one attached hydrogen (secondary N) is 2. The summed E-state index contributed by atoms with van der Waals surface area (Å²) in [7, 11) is 0. The van der Waals surface area contributed by atoms with E-state index < -0.39 is 0 Å². The second-order valence-corrected chi connectivity index (χ2v) is 5.32. The molecular weight excluding hydrogens is 234 g/mol. The molecule has 0 atom stereocenters. The van der Waals surface area contributed by atoms with Gasteiger partial charge >= 0.3 is 0 Å². The Labute approximate surface area is 107 Å². The number of aryl methyl sites for hydroxylation is 1. The van der Waals surface area contributed by atoms with Gasteiger partial charge in [-0.3, -0.25) is 10.4 Å². The van der Waals surface area contributed by atoms with Crippen LogP contribution >= 0.6 is 11.3 Å². The summed E-state index contributed by atoms with van der Waals surface area (Å²) in [6.07, 6.45) is 0.882. The van der Waals surface area contributed by atoms with E-state index >= 15 is 0 Å². The Hall–Kier alpha value is -1.14. The third kappa shape index (κ3) is 5.65. The van der Waals surface area contributed by atoms with Crippen molar-refractivity contribution < 1.29 is 0 Å². The lowest BCUT2D eigenvalue weighted by Gasteiger charge is -2.09. The molecule has 6 heteroatoms. The summed E-state index contributed by atoms with van der Waals surface area (Å²) in [5.41, 5.74) is 3.68. The number of rotatable bonds is 5. The zero-order valence-electron chi connectivity index (χ0n) is 10.7. The molecular formula is C11H21N5S. The molecule has 0 aromatic carbocycles. The summed E-state index contributed by atoms with van der Waals surface area (Å²) in [6, 6.07) is 0. The average Bonchev–Trinajstić information content (AvgIpc) is 2.69. The Morgan fingerprint density at radius 2 is 2.35 bits per heavy atom. The van der Waals surface area contributed by atoms with Crippen molar-refractivity contribution in [2.75, 3.05) is 13.1 Å². The number of aromatic nitrogens is 1. The van der Waals surface area contributed by atoms with Crippen molar-refractivity contribution in [3.05, 3.63) is 16.1 Å². The van der Waals surface area contributed by atoms with E-state index in [0.29, 0.717) is 11.9 Å². The molecule has 1 aromatic rings. The molecule has 0 saturated heterocycles. The number of nitrogens with zero attached hydrogens (tertiary/aromatic N) is 2. The van der Waals surface area contributed by atoms with Crippen LogP contribution in [0.15, 0.2) is 10.4 Å². The van der Waals surface area contributed by atoms with Crippen LogP contribution in [0.1, 0.15) is 24.5 Å². The van der Waals surface area contributed by atoms with E-state index in [2.05, 4.69) is 39.9 Å². The number of aliphatic imine (C=N–C) groups is 1. The molecule has 0 radical (unpaired) electrons. The molecule has 0 aliphatic rings. The van der Waals surface area contributed by atoms with Gasteiger partial charge in [0.05, 0.1) is 10.7 Å². The van der Waals surface area contributed by atoms with Gasteiger partial charge in [-0.05, 0) is 12.8 Å². The van der Waals surface area contributed by atoms with Crippen molar-refractivity contribution in [3.63, 3.8) is 0 Å². The predicted octanol–water partition coefficient (Wildman–Crippen LogP) is 1.06. The van der Waals surface area contributed by atoms with E-state index in [1.165, 1.54) is 0 Å². The highest BCUT2D eigenvalue weighted by atomic mass is 32.1. The first-order valence-electron chi connectivity index (χ1n) is 5.77. The lowest BCUT2D eigenvalue weighted by Crippen LogP contribution is -2.42. The zero-order valence-corrected chi connectivity index (χ0v) is 11.5. The van der Waals surface area contributed by atoms with Gasteiger partial charge in [-0.15, -0.1) is 11.3 Å². The highest BCUT2D eigenvalue weighted by molar-refractivity contribution is 7.09. The van der Waals surface area contributed by atoms with Gasteiger partial charge < -0.3 is 5.32 Å². The maximum atomic E-state index is 5.39. The van der Waals surface area contributed by atoms with Crippen molar-refractivity contribution in [2.45, 2.75) is 27.2 Å². The van der Waals surface area contributed by atoms with Gasteiger partial charge in [0, 0.05) is 24.9 Å². The molecule has 0 aliphatic heterocycles. The monoisotopic (exact) mass is 255 g/mol. The summed E-state index contributed by atoms with van der Waals surface area (Å²) in [4.78, 5) is 8.72. The predicted molar refractivity (Wildman–Crippen MR) is 73.0 cm³/mol. The number of thiazole rings is 1. The first-order chi connectivity index (χ1) is 8.11. The second kappa shape index (κ2) is 7.24. The average molecular weight is 255 g/mol. The fraction of sp³-hybridized carbons (Fsp3) is 0.636. The first-order valence-corrected chi connectivity index (χ1v) is 6.65. The largest absolute Gasteiger partial charge is 0.355 e. The van der Waals surface area contributed by atoms with Crippen molar-refractivity contribution in [2.24, 2.45) is 16.8 Å². The Bertz CT molecular complexity index is 358. The van der Waals surface area contributed by atoms with Crippen molar-refractivity contribution >= 4 is 17.3 Å². The minimum Gasteiger partial charge on any atom is -0.355 e. The van der Waals surface area contributed by atoms with Crippen molar-refractivity contribution in [3.8, 4) is 0 Å². The van der Waals surface area contributed by atoms with Crippen LogP contribution < -0.4 is 16.6 Å². The molecule has 1 rings (SSSR count). The van der Waals surface area contributed by atoms with Gasteiger partial charge in [-0.1, -0.05) is 13.8 Å². The number of hydrazine groups is 1. The summed E-state index contributed by atoms with van der Waals surface area (Å²) >= 11 is 1.67. The highest BCUT2D eigenvalue weighted by Gasteiger charge is 2.00. The Morgan fingerprint density at radius 3 is 2.88 bits per heavy atom. The topological polar surface area (TPSA) is 75.3 Å². The molecule has 96 valence electrons. The Morgan fingerprint density at radius 1 is 1.59 bits per heavy atom. The SMILES string of the molecule is Cc1nc(CCNC(=NCC(C)C)NN)cs1. The van der Waals surface area contributed by atoms with Gasteiger partial charge in [0.15, 0.2) is 0 Å². The maximum absolute atomic E-state index is 5.39. The third-order valence-electron chi connectivity index (χ3n) is 2.09. The summed E-state index contributed by atoms with van der Waals surface area (Å²) in [6.45, 7) is 7.80. The lowest BCUT2D eigenvalue weighted by atomic mass is 10.2. The van der Waals surface area contributed by atoms with Crippen LogP contribution in [0.5, 0.6) is 0 Å². The minimum atomic E-state index is 0.529. The molecule has 0 unspecified atom stereocenters. The maximum Gasteiger partial charge on any atom is 0.205 e. The van der Waals surface area contributed by atoms with Crippen LogP contribution in [-0.2, 0) is 6.42 Å². The molecule has 1 heterocycles. The van der Waals surface area contributed by atoms with E-state index in [4.69, 9.17) is 5.84 Å². The first kappa shape index (κ1) is 13.9. The van der Waals surface area contributed by atoms with Crippen LogP contribution in [0.4, 0.5) is 0 Å². The number of hydrogen-bond donors (Lipinski definition) is 3. The van der Waals surface area contributed by atoms with Gasteiger partial charge in [-0.25, -0.2) is 10.8 Å². The molecule has 0 fully saturated rings. The molecule has 0 bridgehead atoms. The van der Waals surface area contributed by atoms with Gasteiger partial charge in [-0.2, -0.15) is 0 Å². The molecule has 0 aliphatic carbocycles. The molecule has 0 saturated carbocycles. The standard InChI is InChI=1S/C11H21N5S/c1-8(2)6-14-11(16-12)13-5-4-10-7-17-9(3)15-10/h7-8H,4-6,12H2,1-3H3,(H2,13,14,16). The van der Waals surface area contributed by atoms with Crippen LogP contribution in [0, 0.1) is 12.8 Å². The summed E-state index contributed by atoms with van der Waals surface area (Å²) < 4.78 is 0. The van der Waals surface area contributed by atoms with Crippen LogP contribution in [0.3, 0.4) is 0 Å². The van der Waals surface area contributed by atoms with Crippen molar-refractivity contribution in [1.29, 1.82) is 0 Å². The van der Waals surface area contributed by atoms with Gasteiger partial charge in [0.2, 0.25) is 5.96 Å². The normalized spacial score (nSPS) is 11.9. The summed E-state index contributed by atoms with van der Waals surface area (Å²) in [5, 5.41) is 6.34. The Kier molecular flexibility index (Phi) is 5.93. The molecule has 0 spiro atoms. The Balaban J connectivity index is 2.30. The molecule has 4 N–H and O–H groups in total. The number of guanidine groups is 1. The molecule has 17 heavy (non-hydrogen) atoms. The van der Waals surface area contributed by atoms with Gasteiger partial charge in [0.25, 0.3) is 0 Å². The quantitative estimate of drug-likeness (QED) is 0.318. The smallest absolute Gasteiger partial charge is 0.205 e. The van der Waals surface area contributed by atoms with Crippen molar-refractivity contribution in [1.82, 2.24) is 15.7 Å². The number of hydrogen-bond acceptors (Lipinski definition) is 4. The zero-order chi connectivity index (χ0) is 12.7. The number of nitrogens with two attached hydrogens (primary N) is 1. The van der Waals surface area contributed by atoms with Gasteiger partial charge in [0.1, 0.15) is 0 Å². The molecule has 5 nitrogen and oxygen atoms in total. The fourth-order valence-corrected chi connectivity index (χ4v) is 1.91. The lowest BCUT2D eigenvalue weighted by molar-refractivity contribution is 0.656. The van der Waals surface area contributed by atoms with E-state index in [0.717, 1.165) is 30.2 Å². The van der Waals surface area contributed by atoms with Crippen LogP contribution in [-0.4, -0.2) is 24.0 Å². The van der Waals surface area contributed by atoms with E-state index in [9.17, 15) is 0 Å². The van der Waals surface area contributed by atoms with E-state index in [1.807, 2.05) is 6.92 Å². The van der Waals surface area contributed by atoms with E-state index in [1.54, 1.807) is 11.3 Å². The fourth-order valence-electron chi connectivity index (χ4n) is 1.26. The highest BCUT2D eigenvalue weighted by Crippen LogP contribution is 2.07. The molecule has 0 amide bonds. The third-order valence-corrected chi connectivity index (χ3v) is 2.91. The van der Waals surface area contributed by atoms with Crippen LogP contribution in [0.2, 0.25) is 0 Å². The molecule has 1 aromatic heterocycles. The summed E-state index contributed by atoms with van der Waals surface area (Å²) in [5.74, 6) is 6.56. The van der Waals surface area contributed by atoms with Crippen LogP contribution in [0.25, 0.3) is 0 Å². The van der Waals surface area contributed by atoms with E-state index in [-0.39, 0.29) is 0 Å². The minimum absolute atomic E-state index is 0.529.